The summed E-state index contributed by atoms with van der Waals surface area (Å²) in [5.41, 5.74) is 0. The van der Waals surface area contributed by atoms with E-state index in [0.717, 1.165) is 38.5 Å². The van der Waals surface area contributed by atoms with E-state index in [1.165, 1.54) is 161 Å². The summed E-state index contributed by atoms with van der Waals surface area (Å²) in [6, 6.07) is -0.827. The molecule has 4 atom stereocenters. The third-order valence-corrected chi connectivity index (χ3v) is 10.3. The zero-order valence-corrected chi connectivity index (χ0v) is 32.3. The molecule has 1 amide bonds. The van der Waals surface area contributed by atoms with Crippen molar-refractivity contribution in [3.63, 3.8) is 0 Å². The van der Waals surface area contributed by atoms with Crippen LogP contribution in [0.25, 0.3) is 0 Å². The maximum absolute atomic E-state index is 12.5. The summed E-state index contributed by atoms with van der Waals surface area (Å²) in [5, 5.41) is 43.5. The van der Waals surface area contributed by atoms with Gasteiger partial charge in [0.1, 0.15) is 6.10 Å². The number of aliphatic hydroxyl groups excluding tert-OH is 4. The number of hydrogen-bond donors (Lipinski definition) is 5. The second kappa shape index (κ2) is 37.6. The van der Waals surface area contributed by atoms with E-state index in [0.29, 0.717) is 19.3 Å². The molecule has 5 N–H and O–H groups in total. The molecule has 6 heteroatoms. The molecule has 0 aliphatic carbocycles. The molecule has 0 aliphatic heterocycles. The number of amides is 1. The first-order valence-corrected chi connectivity index (χ1v) is 21.4. The van der Waals surface area contributed by atoms with Gasteiger partial charge in [0.05, 0.1) is 24.9 Å². The number of rotatable bonds is 39. The van der Waals surface area contributed by atoms with Crippen molar-refractivity contribution in [1.82, 2.24) is 5.32 Å². The van der Waals surface area contributed by atoms with E-state index in [1.54, 1.807) is 0 Å². The van der Waals surface area contributed by atoms with Gasteiger partial charge in [0.2, 0.25) is 5.91 Å². The average Bonchev–Trinajstić information content (AvgIpc) is 3.09. The Hall–Kier alpha value is -0.690. The van der Waals surface area contributed by atoms with Crippen LogP contribution in [-0.2, 0) is 4.79 Å². The number of nitrogens with one attached hydrogen (secondary N) is 1. The van der Waals surface area contributed by atoms with Gasteiger partial charge in [-0.25, -0.2) is 0 Å². The molecule has 0 spiro atoms. The lowest BCUT2D eigenvalue weighted by molar-refractivity contribution is -0.131. The lowest BCUT2D eigenvalue weighted by Gasteiger charge is -2.24. The summed E-state index contributed by atoms with van der Waals surface area (Å²) in [4.78, 5) is 12.5. The van der Waals surface area contributed by atoms with E-state index in [1.807, 2.05) is 0 Å². The van der Waals surface area contributed by atoms with Crippen LogP contribution in [0, 0.1) is 0 Å². The molecule has 0 aromatic heterocycles. The first-order chi connectivity index (χ1) is 23.5. The van der Waals surface area contributed by atoms with Crippen molar-refractivity contribution in [2.45, 2.75) is 257 Å². The molecule has 4 unspecified atom stereocenters. The number of aliphatic hydroxyl groups is 4. The zero-order chi connectivity index (χ0) is 35.3. The van der Waals surface area contributed by atoms with Crippen LogP contribution in [-0.4, -0.2) is 57.3 Å². The van der Waals surface area contributed by atoms with E-state index in [-0.39, 0.29) is 0 Å². The molecule has 288 valence electrons. The van der Waals surface area contributed by atoms with Crippen LogP contribution in [0.3, 0.4) is 0 Å². The fourth-order valence-corrected chi connectivity index (χ4v) is 6.84. The van der Waals surface area contributed by atoms with Crippen LogP contribution in [0.5, 0.6) is 0 Å². The van der Waals surface area contributed by atoms with Gasteiger partial charge in [-0.05, 0) is 25.7 Å². The van der Waals surface area contributed by atoms with Crippen molar-refractivity contribution in [3.05, 3.63) is 0 Å². The van der Waals surface area contributed by atoms with Crippen molar-refractivity contribution < 1.29 is 25.2 Å². The minimum absolute atomic E-state index is 0.305. The number of hydrogen-bond acceptors (Lipinski definition) is 5. The summed E-state index contributed by atoms with van der Waals surface area (Å²) in [7, 11) is 0. The second-order valence-electron chi connectivity index (χ2n) is 15.1. The molecule has 0 aromatic carbocycles. The van der Waals surface area contributed by atoms with Crippen LogP contribution < -0.4 is 5.32 Å². The molecule has 48 heavy (non-hydrogen) atoms. The topological polar surface area (TPSA) is 110 Å². The van der Waals surface area contributed by atoms with E-state index >= 15 is 0 Å². The molecule has 0 aromatic rings. The third kappa shape index (κ3) is 32.5. The molecule has 0 heterocycles. The second-order valence-corrected chi connectivity index (χ2v) is 15.1. The number of carbonyl (C=O) groups excluding carboxylic acids is 1. The Morgan fingerprint density at radius 1 is 0.438 bits per heavy atom. The van der Waals surface area contributed by atoms with Crippen molar-refractivity contribution in [3.8, 4) is 0 Å². The van der Waals surface area contributed by atoms with E-state index in [4.69, 9.17) is 0 Å². The van der Waals surface area contributed by atoms with Gasteiger partial charge in [-0.15, -0.1) is 0 Å². The Morgan fingerprint density at radius 2 is 0.750 bits per heavy atom. The van der Waals surface area contributed by atoms with E-state index in [9.17, 15) is 25.2 Å². The average molecular weight is 684 g/mol. The SMILES string of the molecule is CCCCCCCCCCCCCCCCCCCCCCC(O)C(=O)NC(CO)C(O)CCC(O)CCCCCCCCCCCC. The highest BCUT2D eigenvalue weighted by atomic mass is 16.3. The van der Waals surface area contributed by atoms with Crippen molar-refractivity contribution in [2.75, 3.05) is 6.61 Å². The Kier molecular flexibility index (Phi) is 37.0. The Bertz CT molecular complexity index is 648. The van der Waals surface area contributed by atoms with E-state index < -0.39 is 36.9 Å². The van der Waals surface area contributed by atoms with Crippen molar-refractivity contribution >= 4 is 5.91 Å². The van der Waals surface area contributed by atoms with Gasteiger partial charge in [0, 0.05) is 0 Å². The largest absolute Gasteiger partial charge is 0.394 e. The molecular formula is C42H85NO5. The molecule has 0 fully saturated rings. The Labute approximate surface area is 299 Å². The molecular weight excluding hydrogens is 598 g/mol. The van der Waals surface area contributed by atoms with Gasteiger partial charge in [-0.3, -0.25) is 4.79 Å². The predicted molar refractivity (Wildman–Crippen MR) is 205 cm³/mol. The molecule has 0 radical (unpaired) electrons. The summed E-state index contributed by atoms with van der Waals surface area (Å²) >= 11 is 0. The van der Waals surface area contributed by atoms with Gasteiger partial charge >= 0.3 is 0 Å². The van der Waals surface area contributed by atoms with Crippen LogP contribution in [0.1, 0.15) is 232 Å². The van der Waals surface area contributed by atoms with Crippen LogP contribution in [0.4, 0.5) is 0 Å². The summed E-state index contributed by atoms with van der Waals surface area (Å²) in [6.45, 7) is 4.13. The minimum atomic E-state index is -1.12. The molecule has 0 saturated heterocycles. The smallest absolute Gasteiger partial charge is 0.249 e. The third-order valence-electron chi connectivity index (χ3n) is 10.3. The molecule has 0 aliphatic rings. The Morgan fingerprint density at radius 3 is 1.08 bits per heavy atom. The lowest BCUT2D eigenvalue weighted by atomic mass is 9.99. The summed E-state index contributed by atoms with van der Waals surface area (Å²) in [5.74, 6) is -0.531. The predicted octanol–water partition coefficient (Wildman–Crippen LogP) is 10.8. The normalized spacial score (nSPS) is 14.2. The monoisotopic (exact) mass is 684 g/mol. The van der Waals surface area contributed by atoms with Gasteiger partial charge in [-0.2, -0.15) is 0 Å². The first-order valence-electron chi connectivity index (χ1n) is 21.4. The number of unbranched alkanes of at least 4 members (excludes halogenated alkanes) is 28. The summed E-state index contributed by atoms with van der Waals surface area (Å²) in [6.07, 6.45) is 38.2. The van der Waals surface area contributed by atoms with Gasteiger partial charge in [0.15, 0.2) is 0 Å². The van der Waals surface area contributed by atoms with Crippen LogP contribution >= 0.6 is 0 Å². The zero-order valence-electron chi connectivity index (χ0n) is 32.3. The van der Waals surface area contributed by atoms with Crippen LogP contribution in [0.15, 0.2) is 0 Å². The fourth-order valence-electron chi connectivity index (χ4n) is 6.84. The standard InChI is InChI=1S/C42H85NO5/c1-3-5-7-9-11-13-15-16-17-18-19-20-21-22-23-24-26-28-30-32-34-41(47)42(48)43-39(37-44)40(46)36-35-38(45)33-31-29-27-25-14-12-10-8-6-4-2/h38-41,44-47H,3-37H2,1-2H3,(H,43,48). The van der Waals surface area contributed by atoms with Crippen molar-refractivity contribution in [1.29, 1.82) is 0 Å². The van der Waals surface area contributed by atoms with Crippen LogP contribution in [0.2, 0.25) is 0 Å². The first kappa shape index (κ1) is 47.3. The van der Waals surface area contributed by atoms with Crippen molar-refractivity contribution in [2.24, 2.45) is 0 Å². The highest BCUT2D eigenvalue weighted by molar-refractivity contribution is 5.80. The summed E-state index contributed by atoms with van der Waals surface area (Å²) < 4.78 is 0. The van der Waals surface area contributed by atoms with E-state index in [2.05, 4.69) is 19.2 Å². The highest BCUT2D eigenvalue weighted by Gasteiger charge is 2.24. The quantitative estimate of drug-likeness (QED) is 0.0414. The Balaban J connectivity index is 3.67. The minimum Gasteiger partial charge on any atom is -0.394 e. The maximum Gasteiger partial charge on any atom is 0.249 e. The molecule has 0 bridgehead atoms. The lowest BCUT2D eigenvalue weighted by Crippen LogP contribution is -2.49. The fraction of sp³-hybridized carbons (Fsp3) is 0.976. The number of carbonyl (C=O) groups is 1. The molecule has 0 saturated carbocycles. The maximum atomic E-state index is 12.5. The van der Waals surface area contributed by atoms with Gasteiger partial charge in [0.25, 0.3) is 0 Å². The van der Waals surface area contributed by atoms with Gasteiger partial charge < -0.3 is 25.7 Å². The molecule has 0 rings (SSSR count). The molecule has 6 nitrogen and oxygen atoms in total. The van der Waals surface area contributed by atoms with Gasteiger partial charge in [-0.1, -0.05) is 206 Å². The highest BCUT2D eigenvalue weighted by Crippen LogP contribution is 2.17.